The predicted molar refractivity (Wildman–Crippen MR) is 105 cm³/mol. The minimum atomic E-state index is -1.20. The first kappa shape index (κ1) is 18.7. The van der Waals surface area contributed by atoms with Crippen molar-refractivity contribution in [1.82, 2.24) is 4.90 Å². The number of rotatable bonds is 8. The maximum absolute atomic E-state index is 10.6. The van der Waals surface area contributed by atoms with Crippen LogP contribution in [0.25, 0.3) is 10.8 Å². The third-order valence-electron chi connectivity index (χ3n) is 5.27. The van der Waals surface area contributed by atoms with E-state index in [0.29, 0.717) is 12.5 Å². The summed E-state index contributed by atoms with van der Waals surface area (Å²) in [6.45, 7) is 7.01. The van der Waals surface area contributed by atoms with Crippen LogP contribution in [0.3, 0.4) is 0 Å². The van der Waals surface area contributed by atoms with Gasteiger partial charge in [0.05, 0.1) is 6.61 Å². The van der Waals surface area contributed by atoms with Crippen LogP contribution in [0, 0.1) is 0 Å². The zero-order chi connectivity index (χ0) is 18.5. The summed E-state index contributed by atoms with van der Waals surface area (Å²) in [5.74, 6) is 0. The highest BCUT2D eigenvalue weighted by Crippen LogP contribution is 2.33. The van der Waals surface area contributed by atoms with E-state index in [1.165, 1.54) is 34.7 Å². The van der Waals surface area contributed by atoms with Gasteiger partial charge in [-0.2, -0.15) is 0 Å². The molecular formula is C22H29NO3. The Morgan fingerprint density at radius 3 is 2.58 bits per heavy atom. The predicted octanol–water partition coefficient (Wildman–Crippen LogP) is 4.67. The van der Waals surface area contributed by atoms with Crippen molar-refractivity contribution in [3.8, 4) is 0 Å². The summed E-state index contributed by atoms with van der Waals surface area (Å²) < 4.78 is 4.70. The van der Waals surface area contributed by atoms with E-state index in [2.05, 4.69) is 49.1 Å². The van der Waals surface area contributed by atoms with Gasteiger partial charge in [-0.3, -0.25) is 4.90 Å². The molecule has 0 amide bonds. The third kappa shape index (κ3) is 4.18. The van der Waals surface area contributed by atoms with Gasteiger partial charge in [-0.1, -0.05) is 44.2 Å². The molecule has 1 aliphatic carbocycles. The molecule has 0 aromatic heterocycles. The van der Waals surface area contributed by atoms with Crippen LogP contribution in [0.2, 0.25) is 0 Å². The van der Waals surface area contributed by atoms with Crippen LogP contribution in [0.15, 0.2) is 30.3 Å². The van der Waals surface area contributed by atoms with Crippen LogP contribution in [0.5, 0.6) is 0 Å². The fourth-order valence-electron chi connectivity index (χ4n) is 4.29. The minimum Gasteiger partial charge on any atom is -0.450 e. The smallest absolute Gasteiger partial charge is 0.450 e. The topological polar surface area (TPSA) is 49.8 Å². The lowest BCUT2D eigenvalue weighted by molar-refractivity contribution is 0.0927. The Labute approximate surface area is 155 Å². The Kier molecular flexibility index (Phi) is 6.15. The SMILES string of the molecule is CCCN(CCC)C1Cc2cccc3cc(CCOC(=O)O)cc(c23)C1. The van der Waals surface area contributed by atoms with Gasteiger partial charge in [0.25, 0.3) is 0 Å². The molecule has 2 aromatic carbocycles. The van der Waals surface area contributed by atoms with E-state index in [-0.39, 0.29) is 6.61 Å². The highest BCUT2D eigenvalue weighted by atomic mass is 16.7. The summed E-state index contributed by atoms with van der Waals surface area (Å²) in [5, 5.41) is 11.3. The first-order valence-electron chi connectivity index (χ1n) is 9.75. The van der Waals surface area contributed by atoms with Gasteiger partial charge in [0.2, 0.25) is 0 Å². The van der Waals surface area contributed by atoms with E-state index in [9.17, 15) is 4.79 Å². The Morgan fingerprint density at radius 2 is 1.88 bits per heavy atom. The van der Waals surface area contributed by atoms with Gasteiger partial charge in [-0.25, -0.2) is 4.79 Å². The standard InChI is InChI=1S/C22H29NO3/c1-3-9-23(10-4-2)20-14-18-7-5-6-17-12-16(8-11-26-22(24)25)13-19(15-20)21(17)18/h5-7,12-13,20H,3-4,8-11,14-15H2,1-2H3,(H,24,25). The molecule has 1 N–H and O–H groups in total. The molecule has 0 bridgehead atoms. The zero-order valence-electron chi connectivity index (χ0n) is 15.8. The van der Waals surface area contributed by atoms with Crippen LogP contribution < -0.4 is 0 Å². The molecule has 0 saturated carbocycles. The monoisotopic (exact) mass is 355 g/mol. The molecule has 1 unspecified atom stereocenters. The average Bonchev–Trinajstić information content (AvgIpc) is 2.61. The summed E-state index contributed by atoms with van der Waals surface area (Å²) >= 11 is 0. The second-order valence-electron chi connectivity index (χ2n) is 7.23. The zero-order valence-corrected chi connectivity index (χ0v) is 15.8. The second-order valence-corrected chi connectivity index (χ2v) is 7.23. The fourth-order valence-corrected chi connectivity index (χ4v) is 4.29. The van der Waals surface area contributed by atoms with Crippen molar-refractivity contribution in [1.29, 1.82) is 0 Å². The molecule has 1 atom stereocenters. The van der Waals surface area contributed by atoms with Crippen molar-refractivity contribution in [2.75, 3.05) is 19.7 Å². The lowest BCUT2D eigenvalue weighted by Crippen LogP contribution is -2.41. The number of ether oxygens (including phenoxy) is 1. The third-order valence-corrected chi connectivity index (χ3v) is 5.27. The number of nitrogens with zero attached hydrogens (tertiary/aromatic N) is 1. The van der Waals surface area contributed by atoms with Crippen molar-refractivity contribution in [2.45, 2.75) is 52.0 Å². The largest absolute Gasteiger partial charge is 0.505 e. The lowest BCUT2D eigenvalue weighted by atomic mass is 9.83. The van der Waals surface area contributed by atoms with Crippen molar-refractivity contribution < 1.29 is 14.6 Å². The van der Waals surface area contributed by atoms with E-state index < -0.39 is 6.16 Å². The van der Waals surface area contributed by atoms with E-state index in [1.807, 2.05) is 0 Å². The van der Waals surface area contributed by atoms with Crippen LogP contribution >= 0.6 is 0 Å². The number of carboxylic acid groups (broad SMARTS) is 1. The quantitative estimate of drug-likeness (QED) is 0.699. The molecular weight excluding hydrogens is 326 g/mol. The van der Waals surface area contributed by atoms with E-state index in [1.54, 1.807) is 0 Å². The molecule has 0 spiro atoms. The van der Waals surface area contributed by atoms with Gasteiger partial charge in [0, 0.05) is 12.5 Å². The summed E-state index contributed by atoms with van der Waals surface area (Å²) in [7, 11) is 0. The molecule has 4 nitrogen and oxygen atoms in total. The summed E-state index contributed by atoms with van der Waals surface area (Å²) in [4.78, 5) is 13.2. The van der Waals surface area contributed by atoms with Gasteiger partial charge in [-0.15, -0.1) is 0 Å². The molecule has 0 saturated heterocycles. The summed E-state index contributed by atoms with van der Waals surface area (Å²) in [6, 6.07) is 11.6. The van der Waals surface area contributed by atoms with Gasteiger partial charge in [0.15, 0.2) is 0 Å². The van der Waals surface area contributed by atoms with Crippen LogP contribution in [0.4, 0.5) is 4.79 Å². The molecule has 0 fully saturated rings. The Balaban J connectivity index is 1.88. The van der Waals surface area contributed by atoms with Gasteiger partial charge >= 0.3 is 6.16 Å². The van der Waals surface area contributed by atoms with Crippen LogP contribution in [0.1, 0.15) is 43.4 Å². The number of benzene rings is 2. The normalized spacial score (nSPS) is 16.2. The molecule has 0 heterocycles. The second kappa shape index (κ2) is 8.54. The Morgan fingerprint density at radius 1 is 1.15 bits per heavy atom. The molecule has 1 aliphatic rings. The molecule has 140 valence electrons. The van der Waals surface area contributed by atoms with Crippen molar-refractivity contribution in [2.24, 2.45) is 0 Å². The number of hydrogen-bond acceptors (Lipinski definition) is 3. The molecule has 0 radical (unpaired) electrons. The fraction of sp³-hybridized carbons (Fsp3) is 0.500. The van der Waals surface area contributed by atoms with Gasteiger partial charge in [0.1, 0.15) is 0 Å². The molecule has 2 aromatic rings. The number of carbonyl (C=O) groups is 1. The maximum Gasteiger partial charge on any atom is 0.505 e. The summed E-state index contributed by atoms with van der Waals surface area (Å²) in [5.41, 5.74) is 4.00. The van der Waals surface area contributed by atoms with Crippen molar-refractivity contribution in [3.63, 3.8) is 0 Å². The van der Waals surface area contributed by atoms with Crippen molar-refractivity contribution >= 4 is 16.9 Å². The maximum atomic E-state index is 10.6. The van der Waals surface area contributed by atoms with Crippen LogP contribution in [-0.2, 0) is 24.0 Å². The van der Waals surface area contributed by atoms with E-state index >= 15 is 0 Å². The molecule has 0 aliphatic heterocycles. The molecule has 26 heavy (non-hydrogen) atoms. The average molecular weight is 355 g/mol. The van der Waals surface area contributed by atoms with Gasteiger partial charge in [-0.05, 0) is 66.2 Å². The number of hydrogen-bond donors (Lipinski definition) is 1. The highest BCUT2D eigenvalue weighted by molar-refractivity contribution is 5.90. The summed E-state index contributed by atoms with van der Waals surface area (Å²) in [6.07, 6.45) is 3.97. The molecule has 3 rings (SSSR count). The lowest BCUT2D eigenvalue weighted by Gasteiger charge is -2.35. The van der Waals surface area contributed by atoms with E-state index in [0.717, 1.165) is 31.5 Å². The van der Waals surface area contributed by atoms with Crippen molar-refractivity contribution in [3.05, 3.63) is 47.0 Å². The molecule has 4 heteroatoms. The van der Waals surface area contributed by atoms with Gasteiger partial charge < -0.3 is 9.84 Å². The first-order valence-corrected chi connectivity index (χ1v) is 9.75. The highest BCUT2D eigenvalue weighted by Gasteiger charge is 2.25. The minimum absolute atomic E-state index is 0.210. The van der Waals surface area contributed by atoms with Crippen LogP contribution in [-0.4, -0.2) is 41.9 Å². The van der Waals surface area contributed by atoms with E-state index in [4.69, 9.17) is 9.84 Å². The first-order chi connectivity index (χ1) is 12.6. The Hall–Kier alpha value is -2.07. The Bertz CT molecular complexity index is 765.